The Balaban J connectivity index is 2.14. The average Bonchev–Trinajstić information content (AvgIpc) is 2.61. The minimum absolute atomic E-state index is 0.207. The highest BCUT2D eigenvalue weighted by Gasteiger charge is 2.16. The van der Waals surface area contributed by atoms with Crippen molar-refractivity contribution in [3.05, 3.63) is 59.4 Å². The van der Waals surface area contributed by atoms with Crippen LogP contribution >= 0.6 is 0 Å². The summed E-state index contributed by atoms with van der Waals surface area (Å²) in [5.41, 5.74) is 2.30. The highest BCUT2D eigenvalue weighted by Crippen LogP contribution is 2.21. The van der Waals surface area contributed by atoms with Crippen LogP contribution in [0.15, 0.2) is 42.7 Å². The van der Waals surface area contributed by atoms with E-state index in [2.05, 4.69) is 20.9 Å². The number of benzene rings is 1. The third kappa shape index (κ3) is 4.63. The van der Waals surface area contributed by atoms with Gasteiger partial charge in [0.2, 0.25) is 0 Å². The number of amides is 2. The first-order chi connectivity index (χ1) is 11.6. The molecule has 0 radical (unpaired) electrons. The van der Waals surface area contributed by atoms with Crippen LogP contribution in [0.5, 0.6) is 0 Å². The number of rotatable bonds is 7. The molecule has 0 saturated carbocycles. The monoisotopic (exact) mass is 326 g/mol. The summed E-state index contributed by atoms with van der Waals surface area (Å²) in [7, 11) is 0. The normalized spacial score (nSPS) is 10.2. The fraction of sp³-hybridized carbons (Fsp3) is 0.278. The van der Waals surface area contributed by atoms with Crippen molar-refractivity contribution in [1.82, 2.24) is 15.6 Å². The molecule has 1 aromatic carbocycles. The molecule has 0 spiro atoms. The van der Waals surface area contributed by atoms with Crippen LogP contribution in [0.1, 0.15) is 33.2 Å². The van der Waals surface area contributed by atoms with Crippen molar-refractivity contribution in [3.63, 3.8) is 0 Å². The number of likely N-dealkylation sites (N-methyl/N-ethyl adjacent to an activating group) is 1. The Bertz CT molecular complexity index is 701. The molecule has 3 N–H and O–H groups in total. The maximum Gasteiger partial charge on any atom is 0.255 e. The molecule has 1 aromatic heterocycles. The van der Waals surface area contributed by atoms with Crippen molar-refractivity contribution in [1.29, 1.82) is 0 Å². The highest BCUT2D eigenvalue weighted by molar-refractivity contribution is 6.09. The summed E-state index contributed by atoms with van der Waals surface area (Å²) in [4.78, 5) is 28.7. The van der Waals surface area contributed by atoms with E-state index in [1.807, 2.05) is 19.9 Å². The third-order valence-corrected chi connectivity index (χ3v) is 3.54. The zero-order chi connectivity index (χ0) is 17.4. The van der Waals surface area contributed by atoms with E-state index in [1.165, 1.54) is 0 Å². The van der Waals surface area contributed by atoms with Gasteiger partial charge in [-0.2, -0.15) is 0 Å². The predicted molar refractivity (Wildman–Crippen MR) is 94.2 cm³/mol. The number of carbonyl (C=O) groups is 2. The molecule has 1 heterocycles. The molecule has 0 unspecified atom stereocenters. The van der Waals surface area contributed by atoms with Crippen molar-refractivity contribution in [3.8, 4) is 0 Å². The van der Waals surface area contributed by atoms with Crippen LogP contribution in [0.25, 0.3) is 0 Å². The number of hydrogen-bond acceptors (Lipinski definition) is 4. The molecule has 0 aliphatic heterocycles. The molecule has 24 heavy (non-hydrogen) atoms. The number of carbonyl (C=O) groups excluding carboxylic acids is 2. The van der Waals surface area contributed by atoms with Gasteiger partial charge in [0, 0.05) is 31.0 Å². The molecule has 0 atom stereocenters. The molecular weight excluding hydrogens is 304 g/mol. The first-order valence-corrected chi connectivity index (χ1v) is 7.93. The average molecular weight is 326 g/mol. The molecule has 0 aliphatic rings. The molecular formula is C18H22N4O2. The SMILES string of the molecule is CCNCCNC(=O)c1cccc(C)c1NC(=O)c1ccncc1. The lowest BCUT2D eigenvalue weighted by molar-refractivity contribution is 0.0955. The summed E-state index contributed by atoms with van der Waals surface area (Å²) in [6, 6.07) is 8.62. The van der Waals surface area contributed by atoms with Crippen molar-refractivity contribution in [2.24, 2.45) is 0 Å². The quantitative estimate of drug-likeness (QED) is 0.680. The number of pyridine rings is 1. The van der Waals surface area contributed by atoms with Gasteiger partial charge in [-0.05, 0) is 37.2 Å². The van der Waals surface area contributed by atoms with E-state index in [-0.39, 0.29) is 11.8 Å². The zero-order valence-corrected chi connectivity index (χ0v) is 13.9. The van der Waals surface area contributed by atoms with Gasteiger partial charge in [0.25, 0.3) is 11.8 Å². The van der Waals surface area contributed by atoms with E-state index in [1.54, 1.807) is 36.7 Å². The molecule has 6 nitrogen and oxygen atoms in total. The zero-order valence-electron chi connectivity index (χ0n) is 13.9. The number of para-hydroxylation sites is 1. The van der Waals surface area contributed by atoms with E-state index in [9.17, 15) is 9.59 Å². The van der Waals surface area contributed by atoms with Gasteiger partial charge < -0.3 is 16.0 Å². The summed E-state index contributed by atoms with van der Waals surface area (Å²) in [6.07, 6.45) is 3.11. The third-order valence-electron chi connectivity index (χ3n) is 3.54. The lowest BCUT2D eigenvalue weighted by Gasteiger charge is -2.14. The van der Waals surface area contributed by atoms with Crippen molar-refractivity contribution >= 4 is 17.5 Å². The molecule has 0 aliphatic carbocycles. The topological polar surface area (TPSA) is 83.1 Å². The van der Waals surface area contributed by atoms with Crippen LogP contribution in [0.4, 0.5) is 5.69 Å². The Morgan fingerprint density at radius 2 is 1.79 bits per heavy atom. The van der Waals surface area contributed by atoms with Gasteiger partial charge in [-0.25, -0.2) is 0 Å². The first-order valence-electron chi connectivity index (χ1n) is 7.93. The Hall–Kier alpha value is -2.73. The van der Waals surface area contributed by atoms with Gasteiger partial charge in [0.1, 0.15) is 0 Å². The first kappa shape index (κ1) is 17.6. The number of aromatic nitrogens is 1. The van der Waals surface area contributed by atoms with Gasteiger partial charge in [-0.15, -0.1) is 0 Å². The Morgan fingerprint density at radius 3 is 2.50 bits per heavy atom. The van der Waals surface area contributed by atoms with Crippen LogP contribution in [-0.2, 0) is 0 Å². The number of nitrogens with one attached hydrogen (secondary N) is 3. The molecule has 2 aromatic rings. The molecule has 2 rings (SSSR count). The molecule has 2 amide bonds. The summed E-state index contributed by atoms with van der Waals surface area (Å²) in [5, 5.41) is 8.83. The second kappa shape index (κ2) is 8.79. The van der Waals surface area contributed by atoms with Crippen molar-refractivity contribution < 1.29 is 9.59 Å². The second-order valence-corrected chi connectivity index (χ2v) is 5.30. The molecule has 0 fully saturated rings. The van der Waals surface area contributed by atoms with Crippen LogP contribution < -0.4 is 16.0 Å². The van der Waals surface area contributed by atoms with E-state index in [0.717, 1.165) is 12.1 Å². The predicted octanol–water partition coefficient (Wildman–Crippen LogP) is 1.98. The second-order valence-electron chi connectivity index (χ2n) is 5.30. The number of aryl methyl sites for hydroxylation is 1. The van der Waals surface area contributed by atoms with Crippen LogP contribution in [0, 0.1) is 6.92 Å². The lowest BCUT2D eigenvalue weighted by Crippen LogP contribution is -2.32. The Morgan fingerprint density at radius 1 is 1.04 bits per heavy atom. The van der Waals surface area contributed by atoms with Gasteiger partial charge in [-0.3, -0.25) is 14.6 Å². The number of anilines is 1. The van der Waals surface area contributed by atoms with E-state index in [4.69, 9.17) is 0 Å². The van der Waals surface area contributed by atoms with Crippen LogP contribution in [0.3, 0.4) is 0 Å². The van der Waals surface area contributed by atoms with Gasteiger partial charge in [-0.1, -0.05) is 19.1 Å². The fourth-order valence-corrected chi connectivity index (χ4v) is 2.25. The number of nitrogens with zero attached hydrogens (tertiary/aromatic N) is 1. The summed E-state index contributed by atoms with van der Waals surface area (Å²) >= 11 is 0. The summed E-state index contributed by atoms with van der Waals surface area (Å²) in [5.74, 6) is -0.477. The van der Waals surface area contributed by atoms with Crippen molar-refractivity contribution in [2.75, 3.05) is 25.0 Å². The molecule has 0 saturated heterocycles. The van der Waals surface area contributed by atoms with Crippen molar-refractivity contribution in [2.45, 2.75) is 13.8 Å². The summed E-state index contributed by atoms with van der Waals surface area (Å²) in [6.45, 7) is 5.95. The fourth-order valence-electron chi connectivity index (χ4n) is 2.25. The Labute approximate surface area is 141 Å². The van der Waals surface area contributed by atoms with Gasteiger partial charge >= 0.3 is 0 Å². The lowest BCUT2D eigenvalue weighted by atomic mass is 10.1. The van der Waals surface area contributed by atoms with Gasteiger partial charge in [0.05, 0.1) is 11.3 Å². The van der Waals surface area contributed by atoms with Crippen LogP contribution in [-0.4, -0.2) is 36.4 Å². The Kier molecular flexibility index (Phi) is 6.45. The maximum atomic E-state index is 12.4. The minimum atomic E-state index is -0.270. The molecule has 0 bridgehead atoms. The maximum absolute atomic E-state index is 12.4. The van der Waals surface area contributed by atoms with Crippen LogP contribution in [0.2, 0.25) is 0 Å². The molecule has 126 valence electrons. The highest BCUT2D eigenvalue weighted by atomic mass is 16.2. The standard InChI is InChI=1S/C18H22N4O2/c1-3-19-11-12-21-18(24)15-6-4-5-13(2)16(15)22-17(23)14-7-9-20-10-8-14/h4-10,19H,3,11-12H2,1-2H3,(H,21,24)(H,22,23). The minimum Gasteiger partial charge on any atom is -0.351 e. The van der Waals surface area contributed by atoms with E-state index < -0.39 is 0 Å². The van der Waals surface area contributed by atoms with E-state index in [0.29, 0.717) is 29.9 Å². The van der Waals surface area contributed by atoms with Gasteiger partial charge in [0.15, 0.2) is 0 Å². The smallest absolute Gasteiger partial charge is 0.255 e. The summed E-state index contributed by atoms with van der Waals surface area (Å²) < 4.78 is 0. The largest absolute Gasteiger partial charge is 0.351 e. The van der Waals surface area contributed by atoms with E-state index >= 15 is 0 Å². The number of hydrogen-bond donors (Lipinski definition) is 3. The molecule has 6 heteroatoms.